The highest BCUT2D eigenvalue weighted by atomic mass is 35.5. The van der Waals surface area contributed by atoms with Crippen LogP contribution in [0.4, 0.5) is 11.4 Å². The van der Waals surface area contributed by atoms with Crippen molar-refractivity contribution >= 4 is 34.5 Å². The number of amides is 1. The molecule has 3 aromatic rings. The smallest absolute Gasteiger partial charge is 0.274 e. The van der Waals surface area contributed by atoms with Gasteiger partial charge in [0.2, 0.25) is 0 Å². The molecule has 1 N–H and O–H groups in total. The normalized spacial score (nSPS) is 10.8. The van der Waals surface area contributed by atoms with Crippen molar-refractivity contribution in [1.29, 1.82) is 0 Å². The first-order chi connectivity index (χ1) is 11.4. The molecule has 0 radical (unpaired) electrons. The summed E-state index contributed by atoms with van der Waals surface area (Å²) >= 11 is 5.94. The monoisotopic (exact) mass is 344 g/mol. The van der Waals surface area contributed by atoms with Crippen LogP contribution in [0.15, 0.2) is 36.5 Å². The fourth-order valence-corrected chi connectivity index (χ4v) is 2.70. The topological polar surface area (TPSA) is 89.5 Å². The Morgan fingerprint density at radius 2 is 2.08 bits per heavy atom. The second kappa shape index (κ2) is 5.93. The van der Waals surface area contributed by atoms with Crippen molar-refractivity contribution in [2.75, 3.05) is 5.32 Å². The average Bonchev–Trinajstić information content (AvgIpc) is 2.83. The second-order valence-electron chi connectivity index (χ2n) is 5.28. The number of benzene rings is 1. The van der Waals surface area contributed by atoms with E-state index in [0.717, 1.165) is 0 Å². The van der Waals surface area contributed by atoms with Crippen molar-refractivity contribution in [2.45, 2.75) is 13.8 Å². The summed E-state index contributed by atoms with van der Waals surface area (Å²) in [6.45, 7) is 3.31. The van der Waals surface area contributed by atoms with E-state index in [1.54, 1.807) is 42.6 Å². The summed E-state index contributed by atoms with van der Waals surface area (Å²) in [5, 5.41) is 14.3. The number of hydrogen-bond donors (Lipinski definition) is 1. The number of aryl methyl sites for hydroxylation is 1. The molecule has 0 aliphatic rings. The van der Waals surface area contributed by atoms with Gasteiger partial charge in [0.05, 0.1) is 21.9 Å². The second-order valence-corrected chi connectivity index (χ2v) is 5.72. The fourth-order valence-electron chi connectivity index (χ4n) is 2.55. The standard InChI is InChI=1S/C16H13ClN4O3/c1-9-12(4-3-5-13(9)21(23)24)19-16(22)15-10(2)18-14-8-11(17)6-7-20(14)15/h3-8H,1-2H3,(H,19,22). The highest BCUT2D eigenvalue weighted by molar-refractivity contribution is 6.30. The highest BCUT2D eigenvalue weighted by Crippen LogP contribution is 2.26. The molecule has 1 amide bonds. The predicted octanol–water partition coefficient (Wildman–Crippen LogP) is 3.77. The molecule has 0 aliphatic heterocycles. The van der Waals surface area contributed by atoms with Crippen LogP contribution in [0.1, 0.15) is 21.7 Å². The molecule has 2 heterocycles. The van der Waals surface area contributed by atoms with Gasteiger partial charge in [-0.05, 0) is 26.0 Å². The van der Waals surface area contributed by atoms with Crippen molar-refractivity contribution in [3.8, 4) is 0 Å². The van der Waals surface area contributed by atoms with E-state index in [1.165, 1.54) is 12.1 Å². The Hall–Kier alpha value is -2.93. The maximum atomic E-state index is 12.7. The zero-order valence-corrected chi connectivity index (χ0v) is 13.7. The summed E-state index contributed by atoms with van der Waals surface area (Å²) in [4.78, 5) is 27.5. The van der Waals surface area contributed by atoms with Gasteiger partial charge in [-0.15, -0.1) is 0 Å². The van der Waals surface area contributed by atoms with Gasteiger partial charge in [0.1, 0.15) is 11.3 Å². The molecule has 2 aromatic heterocycles. The molecular weight excluding hydrogens is 332 g/mol. The molecule has 0 saturated heterocycles. The van der Waals surface area contributed by atoms with Crippen LogP contribution in [0.3, 0.4) is 0 Å². The maximum absolute atomic E-state index is 12.7. The van der Waals surface area contributed by atoms with Gasteiger partial charge in [-0.25, -0.2) is 4.98 Å². The maximum Gasteiger partial charge on any atom is 0.274 e. The number of nitro benzene ring substituents is 1. The number of nitro groups is 1. The Kier molecular flexibility index (Phi) is 3.94. The molecule has 24 heavy (non-hydrogen) atoms. The molecular formula is C16H13ClN4O3. The summed E-state index contributed by atoms with van der Waals surface area (Å²) in [6.07, 6.45) is 1.66. The van der Waals surface area contributed by atoms with Crippen LogP contribution in [-0.4, -0.2) is 20.2 Å². The Balaban J connectivity index is 2.01. The van der Waals surface area contributed by atoms with E-state index in [-0.39, 0.29) is 5.69 Å². The summed E-state index contributed by atoms with van der Waals surface area (Å²) < 4.78 is 1.63. The lowest BCUT2D eigenvalue weighted by Gasteiger charge is -2.09. The van der Waals surface area contributed by atoms with Crippen molar-refractivity contribution in [1.82, 2.24) is 9.38 Å². The number of carbonyl (C=O) groups is 1. The van der Waals surface area contributed by atoms with Crippen LogP contribution in [-0.2, 0) is 0 Å². The van der Waals surface area contributed by atoms with E-state index in [1.807, 2.05) is 0 Å². The molecule has 0 saturated carbocycles. The number of carbonyl (C=O) groups excluding carboxylic acids is 1. The van der Waals surface area contributed by atoms with Crippen LogP contribution < -0.4 is 5.32 Å². The lowest BCUT2D eigenvalue weighted by Crippen LogP contribution is -2.16. The Labute approximate surface area is 142 Å². The minimum atomic E-state index is -0.480. The zero-order chi connectivity index (χ0) is 17.4. The van der Waals surface area contributed by atoms with Crippen LogP contribution in [0, 0.1) is 24.0 Å². The van der Waals surface area contributed by atoms with Gasteiger partial charge in [0.15, 0.2) is 0 Å². The number of hydrogen-bond acceptors (Lipinski definition) is 4. The summed E-state index contributed by atoms with van der Waals surface area (Å²) in [7, 11) is 0. The summed E-state index contributed by atoms with van der Waals surface area (Å²) in [5.41, 5.74) is 2.18. The Bertz CT molecular complexity index is 981. The number of rotatable bonds is 3. The number of pyridine rings is 1. The van der Waals surface area contributed by atoms with Crippen molar-refractivity contribution in [3.05, 3.63) is 68.6 Å². The highest BCUT2D eigenvalue weighted by Gasteiger charge is 2.20. The van der Waals surface area contributed by atoms with Crippen LogP contribution >= 0.6 is 11.6 Å². The lowest BCUT2D eigenvalue weighted by molar-refractivity contribution is -0.385. The van der Waals surface area contributed by atoms with E-state index in [0.29, 0.717) is 33.3 Å². The molecule has 7 nitrogen and oxygen atoms in total. The van der Waals surface area contributed by atoms with Crippen molar-refractivity contribution in [3.63, 3.8) is 0 Å². The molecule has 122 valence electrons. The van der Waals surface area contributed by atoms with Crippen LogP contribution in [0.25, 0.3) is 5.65 Å². The minimum Gasteiger partial charge on any atom is -0.320 e. The van der Waals surface area contributed by atoms with Crippen molar-refractivity contribution in [2.24, 2.45) is 0 Å². The largest absolute Gasteiger partial charge is 0.320 e. The van der Waals surface area contributed by atoms with Crippen LogP contribution in [0.2, 0.25) is 5.02 Å². The van der Waals surface area contributed by atoms with E-state index in [4.69, 9.17) is 11.6 Å². The van der Waals surface area contributed by atoms with E-state index in [9.17, 15) is 14.9 Å². The summed E-state index contributed by atoms with van der Waals surface area (Å²) in [6, 6.07) is 7.86. The number of imidazole rings is 1. The molecule has 8 heteroatoms. The molecule has 3 rings (SSSR count). The zero-order valence-electron chi connectivity index (χ0n) is 12.9. The number of nitrogens with one attached hydrogen (secondary N) is 1. The van der Waals surface area contributed by atoms with Crippen LogP contribution in [0.5, 0.6) is 0 Å². The third-order valence-electron chi connectivity index (χ3n) is 3.73. The molecule has 0 unspecified atom stereocenters. The molecule has 0 aliphatic carbocycles. The van der Waals surface area contributed by atoms with Gasteiger partial charge in [0, 0.05) is 23.4 Å². The predicted molar refractivity (Wildman–Crippen MR) is 90.7 cm³/mol. The molecule has 0 atom stereocenters. The van der Waals surface area contributed by atoms with E-state index < -0.39 is 10.8 Å². The van der Waals surface area contributed by atoms with Crippen molar-refractivity contribution < 1.29 is 9.72 Å². The number of anilines is 1. The molecule has 1 aromatic carbocycles. The van der Waals surface area contributed by atoms with Gasteiger partial charge < -0.3 is 5.32 Å². The molecule has 0 fully saturated rings. The fraction of sp³-hybridized carbons (Fsp3) is 0.125. The Morgan fingerprint density at radius 3 is 2.79 bits per heavy atom. The van der Waals surface area contributed by atoms with E-state index in [2.05, 4.69) is 10.3 Å². The van der Waals surface area contributed by atoms with Gasteiger partial charge in [-0.2, -0.15) is 0 Å². The first-order valence-corrected chi connectivity index (χ1v) is 7.46. The number of fused-ring (bicyclic) bond motifs is 1. The third kappa shape index (κ3) is 2.69. The minimum absolute atomic E-state index is 0.0468. The van der Waals surface area contributed by atoms with E-state index >= 15 is 0 Å². The quantitative estimate of drug-likeness (QED) is 0.578. The Morgan fingerprint density at radius 1 is 1.33 bits per heavy atom. The number of aromatic nitrogens is 2. The summed E-state index contributed by atoms with van der Waals surface area (Å²) in [5.74, 6) is -0.397. The van der Waals surface area contributed by atoms with Gasteiger partial charge in [-0.1, -0.05) is 17.7 Å². The molecule has 0 spiro atoms. The first kappa shape index (κ1) is 15.9. The number of nitrogens with zero attached hydrogens (tertiary/aromatic N) is 3. The van der Waals surface area contributed by atoms with Gasteiger partial charge >= 0.3 is 0 Å². The molecule has 0 bridgehead atoms. The average molecular weight is 345 g/mol. The van der Waals surface area contributed by atoms with Gasteiger partial charge in [-0.3, -0.25) is 19.3 Å². The number of halogens is 1. The lowest BCUT2D eigenvalue weighted by atomic mass is 10.1. The third-order valence-corrected chi connectivity index (χ3v) is 3.96. The SMILES string of the molecule is Cc1nc2cc(Cl)ccn2c1C(=O)Nc1cccc([N+](=O)[O-])c1C. The first-order valence-electron chi connectivity index (χ1n) is 7.08. The van der Waals surface area contributed by atoms with Gasteiger partial charge in [0.25, 0.3) is 11.6 Å².